The molecule has 0 aromatic heterocycles. The Kier molecular flexibility index (Phi) is 3.49. The second-order valence-electron chi connectivity index (χ2n) is 3.43. The van der Waals surface area contributed by atoms with Crippen LogP contribution in [-0.4, -0.2) is 17.3 Å². The van der Waals surface area contributed by atoms with E-state index >= 15 is 0 Å². The van der Waals surface area contributed by atoms with Crippen LogP contribution in [0.2, 0.25) is 0 Å². The molecule has 1 atom stereocenters. The smallest absolute Gasteiger partial charge is 0.166 e. The van der Waals surface area contributed by atoms with Crippen molar-refractivity contribution in [1.82, 2.24) is 0 Å². The Balaban J connectivity index is 2.14. The van der Waals surface area contributed by atoms with Crippen molar-refractivity contribution in [3.63, 3.8) is 0 Å². The number of carbonyl (C=O) groups excluding carboxylic acids is 1. The highest BCUT2D eigenvalue weighted by Crippen LogP contribution is 2.26. The van der Waals surface area contributed by atoms with Crippen LogP contribution in [0.15, 0.2) is 24.3 Å². The van der Waals surface area contributed by atoms with E-state index in [1.54, 1.807) is 0 Å². The number of hydrogen-bond acceptors (Lipinski definition) is 2. The Bertz CT molecular complexity index is 328. The minimum absolute atomic E-state index is 0.264. The van der Waals surface area contributed by atoms with E-state index in [1.165, 1.54) is 3.57 Å². The van der Waals surface area contributed by atoms with Crippen LogP contribution in [0.3, 0.4) is 0 Å². The molecule has 1 aliphatic heterocycles. The molecule has 3 heteroatoms. The first-order valence-electron chi connectivity index (χ1n) is 4.65. The van der Waals surface area contributed by atoms with Gasteiger partial charge in [0, 0.05) is 20.8 Å². The van der Waals surface area contributed by atoms with Gasteiger partial charge in [0.2, 0.25) is 0 Å². The Morgan fingerprint density at radius 3 is 2.64 bits per heavy atom. The third kappa shape index (κ3) is 2.31. The van der Waals surface area contributed by atoms with Crippen molar-refractivity contribution in [2.45, 2.75) is 6.42 Å². The lowest BCUT2D eigenvalue weighted by Gasteiger charge is -2.06. The number of benzene rings is 1. The van der Waals surface area contributed by atoms with E-state index in [-0.39, 0.29) is 5.92 Å². The summed E-state index contributed by atoms with van der Waals surface area (Å²) in [5.41, 5.74) is 0.873. The van der Waals surface area contributed by atoms with Crippen LogP contribution in [-0.2, 0) is 0 Å². The van der Waals surface area contributed by atoms with Crippen molar-refractivity contribution in [2.75, 3.05) is 11.5 Å². The molecule has 0 saturated carbocycles. The van der Waals surface area contributed by atoms with Gasteiger partial charge in [0.05, 0.1) is 0 Å². The predicted octanol–water partition coefficient (Wildman–Crippen LogP) is 3.23. The number of thioether (sulfide) groups is 1. The molecule has 74 valence electrons. The van der Waals surface area contributed by atoms with Crippen LogP contribution >= 0.6 is 34.4 Å². The van der Waals surface area contributed by atoms with E-state index in [0.717, 1.165) is 23.5 Å². The molecule has 1 saturated heterocycles. The number of halogens is 1. The molecule has 1 fully saturated rings. The van der Waals surface area contributed by atoms with Crippen LogP contribution in [0.25, 0.3) is 0 Å². The fourth-order valence-corrected chi connectivity index (χ4v) is 3.17. The molecule has 1 unspecified atom stereocenters. The second-order valence-corrected chi connectivity index (χ2v) is 5.83. The summed E-state index contributed by atoms with van der Waals surface area (Å²) in [6.07, 6.45) is 1.05. The third-order valence-electron chi connectivity index (χ3n) is 2.43. The van der Waals surface area contributed by atoms with E-state index < -0.39 is 0 Å². The summed E-state index contributed by atoms with van der Waals surface area (Å²) in [4.78, 5) is 11.9. The summed E-state index contributed by atoms with van der Waals surface area (Å²) in [6, 6.07) is 7.87. The fourth-order valence-electron chi connectivity index (χ4n) is 1.59. The van der Waals surface area contributed by atoms with E-state index in [4.69, 9.17) is 0 Å². The normalized spacial score (nSPS) is 21.1. The molecule has 0 N–H and O–H groups in total. The van der Waals surface area contributed by atoms with Gasteiger partial charge >= 0.3 is 0 Å². The highest BCUT2D eigenvalue weighted by atomic mass is 127. The predicted molar refractivity (Wildman–Crippen MR) is 68.9 cm³/mol. The van der Waals surface area contributed by atoms with Crippen molar-refractivity contribution in [2.24, 2.45) is 5.92 Å². The monoisotopic (exact) mass is 318 g/mol. The highest BCUT2D eigenvalue weighted by Gasteiger charge is 2.23. The van der Waals surface area contributed by atoms with Gasteiger partial charge in [0.15, 0.2) is 5.78 Å². The van der Waals surface area contributed by atoms with E-state index in [1.807, 2.05) is 36.0 Å². The fraction of sp³-hybridized carbons (Fsp3) is 0.364. The van der Waals surface area contributed by atoms with Gasteiger partial charge in [0.25, 0.3) is 0 Å². The molecule has 1 aliphatic rings. The first-order valence-corrected chi connectivity index (χ1v) is 6.88. The standard InChI is InChI=1S/C11H11IOS/c12-10-3-1-8(2-4-10)11(13)9-5-6-14-7-9/h1-4,9H,5-7H2. The lowest BCUT2D eigenvalue weighted by molar-refractivity contribution is 0.0933. The van der Waals surface area contributed by atoms with Crippen molar-refractivity contribution in [1.29, 1.82) is 0 Å². The Morgan fingerprint density at radius 2 is 2.07 bits per heavy atom. The lowest BCUT2D eigenvalue weighted by Crippen LogP contribution is -2.13. The SMILES string of the molecule is O=C(c1ccc(I)cc1)C1CCSC1. The molecule has 0 radical (unpaired) electrons. The lowest BCUT2D eigenvalue weighted by atomic mass is 9.97. The average Bonchev–Trinajstić information content (AvgIpc) is 2.71. The first kappa shape index (κ1) is 10.5. The molecule has 0 spiro atoms. The topological polar surface area (TPSA) is 17.1 Å². The third-order valence-corrected chi connectivity index (χ3v) is 4.31. The van der Waals surface area contributed by atoms with Crippen LogP contribution < -0.4 is 0 Å². The van der Waals surface area contributed by atoms with Crippen molar-refractivity contribution < 1.29 is 4.79 Å². The first-order chi connectivity index (χ1) is 6.77. The summed E-state index contributed by atoms with van der Waals surface area (Å²) in [5.74, 6) is 2.73. The molecule has 0 bridgehead atoms. The van der Waals surface area contributed by atoms with E-state index in [0.29, 0.717) is 5.78 Å². The maximum atomic E-state index is 11.9. The zero-order valence-corrected chi connectivity index (χ0v) is 10.7. The zero-order chi connectivity index (χ0) is 9.97. The molecule has 0 aliphatic carbocycles. The van der Waals surface area contributed by atoms with Crippen LogP contribution in [0, 0.1) is 9.49 Å². The molecule has 1 aromatic rings. The van der Waals surface area contributed by atoms with Gasteiger partial charge in [-0.15, -0.1) is 0 Å². The van der Waals surface area contributed by atoms with Crippen LogP contribution in [0.4, 0.5) is 0 Å². The molecule has 14 heavy (non-hydrogen) atoms. The highest BCUT2D eigenvalue weighted by molar-refractivity contribution is 14.1. The summed E-state index contributed by atoms with van der Waals surface area (Å²) in [6.45, 7) is 0. The number of Topliss-reactive ketones (excluding diaryl/α,β-unsaturated/α-hetero) is 1. The maximum Gasteiger partial charge on any atom is 0.166 e. The average molecular weight is 318 g/mol. The van der Waals surface area contributed by atoms with Gasteiger partial charge in [0.1, 0.15) is 0 Å². The summed E-state index contributed by atoms with van der Waals surface area (Å²) < 4.78 is 1.18. The van der Waals surface area contributed by atoms with E-state index in [2.05, 4.69) is 22.6 Å². The van der Waals surface area contributed by atoms with Gasteiger partial charge in [-0.05, 0) is 46.9 Å². The minimum Gasteiger partial charge on any atom is -0.294 e. The molecule has 1 nitrogen and oxygen atoms in total. The van der Waals surface area contributed by atoms with Gasteiger partial charge < -0.3 is 0 Å². The van der Waals surface area contributed by atoms with Crippen LogP contribution in [0.5, 0.6) is 0 Å². The molecule has 0 amide bonds. The van der Waals surface area contributed by atoms with Gasteiger partial charge in [-0.3, -0.25) is 4.79 Å². The van der Waals surface area contributed by atoms with Crippen molar-refractivity contribution in [3.05, 3.63) is 33.4 Å². The quantitative estimate of drug-likeness (QED) is 0.615. The van der Waals surface area contributed by atoms with Crippen LogP contribution in [0.1, 0.15) is 16.8 Å². The maximum absolute atomic E-state index is 11.9. The van der Waals surface area contributed by atoms with Gasteiger partial charge in [-0.25, -0.2) is 0 Å². The van der Waals surface area contributed by atoms with E-state index in [9.17, 15) is 4.79 Å². The number of hydrogen-bond donors (Lipinski definition) is 0. The Hall–Kier alpha value is -0.0300. The van der Waals surface area contributed by atoms with Gasteiger partial charge in [-0.2, -0.15) is 11.8 Å². The van der Waals surface area contributed by atoms with Gasteiger partial charge in [-0.1, -0.05) is 12.1 Å². The Labute approximate surface area is 102 Å². The number of ketones is 1. The number of carbonyl (C=O) groups is 1. The molecule has 1 aromatic carbocycles. The summed E-state index contributed by atoms with van der Waals surface area (Å²) in [7, 11) is 0. The minimum atomic E-state index is 0.264. The Morgan fingerprint density at radius 1 is 1.36 bits per heavy atom. The van der Waals surface area contributed by atoms with Crippen molar-refractivity contribution in [3.8, 4) is 0 Å². The summed E-state index contributed by atoms with van der Waals surface area (Å²) >= 11 is 4.14. The largest absolute Gasteiger partial charge is 0.294 e. The molecular weight excluding hydrogens is 307 g/mol. The molecular formula is C11H11IOS. The zero-order valence-electron chi connectivity index (χ0n) is 7.70. The molecule has 2 rings (SSSR count). The van der Waals surface area contributed by atoms with Crippen molar-refractivity contribution >= 4 is 40.1 Å². The summed E-state index contributed by atoms with van der Waals surface area (Å²) in [5, 5.41) is 0. The number of rotatable bonds is 2. The second kappa shape index (κ2) is 4.66. The molecule has 1 heterocycles.